The Bertz CT molecular complexity index is 1240. The molecule has 226 valence electrons. The fourth-order valence-corrected chi connectivity index (χ4v) is 5.26. The van der Waals surface area contributed by atoms with Crippen LogP contribution in [0.1, 0.15) is 124 Å². The van der Waals surface area contributed by atoms with Crippen molar-refractivity contribution in [2.45, 2.75) is 130 Å². The van der Waals surface area contributed by atoms with E-state index in [-0.39, 0.29) is 36.2 Å². The molecule has 3 aromatic rings. The third-order valence-electron chi connectivity index (χ3n) is 7.25. The molecule has 2 N–H and O–H groups in total. The topological polar surface area (TPSA) is 101 Å². The van der Waals surface area contributed by atoms with Crippen molar-refractivity contribution in [2.75, 3.05) is 5.32 Å². The van der Waals surface area contributed by atoms with Crippen molar-refractivity contribution in [3.63, 3.8) is 0 Å². The van der Waals surface area contributed by atoms with Crippen LogP contribution in [0.25, 0.3) is 17.0 Å². The number of rotatable bonds is 17. The summed E-state index contributed by atoms with van der Waals surface area (Å²) < 4.78 is 7.02. The molecule has 8 nitrogen and oxygen atoms in total. The number of amides is 1. The monoisotopic (exact) mass is 585 g/mol. The maximum Gasteiger partial charge on any atom is 0.306 e. The van der Waals surface area contributed by atoms with Crippen LogP contribution in [0.15, 0.2) is 24.3 Å². The molecule has 1 unspecified atom stereocenters. The quantitative estimate of drug-likeness (QED) is 0.122. The Kier molecular flexibility index (Phi) is 12.7. The molecule has 0 fully saturated rings. The molecule has 0 saturated heterocycles. The van der Waals surface area contributed by atoms with Gasteiger partial charge in [-0.3, -0.25) is 9.59 Å². The van der Waals surface area contributed by atoms with E-state index in [1.807, 2.05) is 19.1 Å². The molecule has 2 aromatic heterocycles. The van der Waals surface area contributed by atoms with E-state index >= 15 is 0 Å². The number of ether oxygens (including phenoxy) is 1. The number of esters is 1. The van der Waals surface area contributed by atoms with E-state index in [0.717, 1.165) is 24.1 Å². The number of fused-ring (bicyclic) bond motifs is 1. The number of H-pyrrole nitrogens is 1. The van der Waals surface area contributed by atoms with Crippen molar-refractivity contribution in [1.29, 1.82) is 0 Å². The zero-order valence-electron chi connectivity index (χ0n) is 25.5. The zero-order chi connectivity index (χ0) is 29.8. The highest BCUT2D eigenvalue weighted by atomic mass is 35.5. The summed E-state index contributed by atoms with van der Waals surface area (Å²) in [6.45, 7) is 10.3. The second kappa shape index (κ2) is 15.9. The summed E-state index contributed by atoms with van der Waals surface area (Å²) >= 11 is 6.53. The van der Waals surface area contributed by atoms with Crippen molar-refractivity contribution < 1.29 is 14.3 Å². The lowest BCUT2D eigenvalue weighted by atomic mass is 9.92. The number of benzene rings is 1. The number of nitrogens with zero attached hydrogens (tertiary/aromatic N) is 3. The van der Waals surface area contributed by atoms with Crippen LogP contribution < -0.4 is 5.32 Å². The number of unbranched alkanes of at least 4 members (excludes halogenated alkanes) is 9. The largest absolute Gasteiger partial charge is 0.463 e. The van der Waals surface area contributed by atoms with Gasteiger partial charge in [-0.2, -0.15) is 5.10 Å². The summed E-state index contributed by atoms with van der Waals surface area (Å²) in [6, 6.07) is 7.31. The van der Waals surface area contributed by atoms with Gasteiger partial charge in [-0.25, -0.2) is 0 Å². The van der Waals surface area contributed by atoms with Gasteiger partial charge in [0.25, 0.3) is 0 Å². The molecule has 1 aromatic carbocycles. The maximum absolute atomic E-state index is 12.4. The minimum Gasteiger partial charge on any atom is -0.463 e. The minimum atomic E-state index is -0.328. The standard InChI is InChI=1S/C32H48ClN5O3/c1-6-7-8-9-10-11-12-13-14-15-16-23(2)41-27(40)22-21-26(39)34-25-19-17-24(18-20-25)30-35-31-28(33)29(32(3,4)5)36-38(31)37-30/h17-20,23H,6-16,21-22H2,1-5H3,(H,34,39)(H,35,37). The molecule has 0 saturated carbocycles. The molecule has 2 heterocycles. The predicted octanol–water partition coefficient (Wildman–Crippen LogP) is 8.64. The van der Waals surface area contributed by atoms with E-state index in [1.165, 1.54) is 62.4 Å². The van der Waals surface area contributed by atoms with Crippen LogP contribution in [-0.2, 0) is 19.7 Å². The zero-order valence-corrected chi connectivity index (χ0v) is 26.3. The summed E-state index contributed by atoms with van der Waals surface area (Å²) in [4.78, 5) is 27.8. The van der Waals surface area contributed by atoms with E-state index in [4.69, 9.17) is 16.3 Å². The number of aromatic amines is 1. The van der Waals surface area contributed by atoms with E-state index in [0.29, 0.717) is 22.2 Å². The lowest BCUT2D eigenvalue weighted by Crippen LogP contribution is -2.18. The lowest BCUT2D eigenvalue weighted by Gasteiger charge is -2.14. The number of carbonyl (C=O) groups is 2. The Hall–Kier alpha value is -2.87. The Morgan fingerprint density at radius 3 is 2.15 bits per heavy atom. The smallest absolute Gasteiger partial charge is 0.306 e. The Balaban J connectivity index is 1.33. The van der Waals surface area contributed by atoms with Crippen molar-refractivity contribution >= 4 is 34.8 Å². The average molecular weight is 586 g/mol. The fraction of sp³-hybridized carbons (Fsp3) is 0.625. The average Bonchev–Trinajstić information content (AvgIpc) is 3.48. The molecule has 41 heavy (non-hydrogen) atoms. The lowest BCUT2D eigenvalue weighted by molar-refractivity contribution is -0.149. The highest BCUT2D eigenvalue weighted by Gasteiger charge is 2.25. The number of hydrogen-bond donors (Lipinski definition) is 2. The third kappa shape index (κ3) is 10.5. The van der Waals surface area contributed by atoms with Gasteiger partial charge in [0.15, 0.2) is 11.5 Å². The number of aromatic nitrogens is 4. The maximum atomic E-state index is 12.4. The van der Waals surface area contributed by atoms with Gasteiger partial charge >= 0.3 is 5.97 Å². The molecule has 1 amide bonds. The summed E-state index contributed by atoms with van der Waals surface area (Å²) in [5.74, 6) is 0.0728. The molecular weight excluding hydrogens is 538 g/mol. The van der Waals surface area contributed by atoms with Crippen LogP contribution in [-0.4, -0.2) is 37.8 Å². The molecule has 3 rings (SSSR count). The van der Waals surface area contributed by atoms with Gasteiger partial charge in [0.1, 0.15) is 5.02 Å². The van der Waals surface area contributed by atoms with Gasteiger partial charge < -0.3 is 15.0 Å². The van der Waals surface area contributed by atoms with E-state index in [2.05, 4.69) is 48.2 Å². The third-order valence-corrected chi connectivity index (χ3v) is 7.61. The summed E-state index contributed by atoms with van der Waals surface area (Å²) in [5, 5.41) is 12.4. The highest BCUT2D eigenvalue weighted by Crippen LogP contribution is 2.32. The Morgan fingerprint density at radius 2 is 1.56 bits per heavy atom. The highest BCUT2D eigenvalue weighted by molar-refractivity contribution is 6.34. The molecule has 1 atom stereocenters. The first-order valence-corrected chi connectivity index (χ1v) is 15.7. The number of halogens is 1. The van der Waals surface area contributed by atoms with Crippen molar-refractivity contribution in [2.24, 2.45) is 0 Å². The normalized spacial score (nSPS) is 12.5. The van der Waals surface area contributed by atoms with Crippen molar-refractivity contribution in [1.82, 2.24) is 19.8 Å². The van der Waals surface area contributed by atoms with E-state index < -0.39 is 0 Å². The number of hydrogen-bond acceptors (Lipinski definition) is 5. The summed E-state index contributed by atoms with van der Waals surface area (Å²) in [5.41, 5.74) is 2.73. The summed E-state index contributed by atoms with van der Waals surface area (Å²) in [7, 11) is 0. The van der Waals surface area contributed by atoms with Crippen LogP contribution >= 0.6 is 11.6 Å². The summed E-state index contributed by atoms with van der Waals surface area (Å²) in [6.07, 6.45) is 13.7. The van der Waals surface area contributed by atoms with Crippen LogP contribution in [0.2, 0.25) is 5.02 Å². The van der Waals surface area contributed by atoms with Crippen LogP contribution in [0.4, 0.5) is 5.69 Å². The Labute approximate surface area is 250 Å². The van der Waals surface area contributed by atoms with Crippen molar-refractivity contribution in [3.8, 4) is 11.4 Å². The minimum absolute atomic E-state index is 0.0653. The fourth-order valence-electron chi connectivity index (χ4n) is 4.82. The first-order chi connectivity index (χ1) is 19.6. The molecule has 0 aliphatic carbocycles. The molecule has 0 radical (unpaired) electrons. The molecule has 0 bridgehead atoms. The van der Waals surface area contributed by atoms with Crippen LogP contribution in [0.5, 0.6) is 0 Å². The predicted molar refractivity (Wildman–Crippen MR) is 166 cm³/mol. The van der Waals surface area contributed by atoms with Gasteiger partial charge in [-0.05, 0) is 44.0 Å². The van der Waals surface area contributed by atoms with Crippen LogP contribution in [0, 0.1) is 0 Å². The Morgan fingerprint density at radius 1 is 0.951 bits per heavy atom. The van der Waals surface area contributed by atoms with Gasteiger partial charge in [-0.15, -0.1) is 9.73 Å². The van der Waals surface area contributed by atoms with Gasteiger partial charge in [0.05, 0.1) is 18.2 Å². The number of carbonyl (C=O) groups excluding carboxylic acids is 2. The van der Waals surface area contributed by atoms with E-state index in [9.17, 15) is 9.59 Å². The van der Waals surface area contributed by atoms with Gasteiger partial charge in [0, 0.05) is 23.1 Å². The van der Waals surface area contributed by atoms with Crippen LogP contribution in [0.3, 0.4) is 0 Å². The SMILES string of the molecule is CCCCCCCCCCCCC(C)OC(=O)CCC(=O)Nc1ccc(-c2nn3nc(C(C)(C)C)c(Cl)c3[nH]2)cc1. The van der Waals surface area contributed by atoms with Gasteiger partial charge in [-0.1, -0.05) is 97.1 Å². The number of nitrogens with one attached hydrogen (secondary N) is 2. The van der Waals surface area contributed by atoms with E-state index in [1.54, 1.807) is 12.1 Å². The molecule has 9 heteroatoms. The number of anilines is 1. The van der Waals surface area contributed by atoms with Gasteiger partial charge in [0.2, 0.25) is 5.91 Å². The second-order valence-corrected chi connectivity index (χ2v) is 12.5. The molecular formula is C32H48ClN5O3. The van der Waals surface area contributed by atoms with Crippen molar-refractivity contribution in [3.05, 3.63) is 35.0 Å². The molecule has 0 aliphatic heterocycles. The first kappa shape index (κ1) is 32.6. The first-order valence-electron chi connectivity index (χ1n) is 15.3. The second-order valence-electron chi connectivity index (χ2n) is 12.1. The molecule has 0 spiro atoms. The molecule has 0 aliphatic rings.